The Labute approximate surface area is 133 Å². The average Bonchev–Trinajstić information content (AvgIpc) is 2.46. The normalized spacial score (nSPS) is 11.2. The second kappa shape index (κ2) is 8.13. The fraction of sp³-hybridized carbons (Fsp3) is 0.385. The maximum Gasteiger partial charge on any atom is 0.311 e. The van der Waals surface area contributed by atoms with Gasteiger partial charge in [0.1, 0.15) is 0 Å². The van der Waals surface area contributed by atoms with Crippen molar-refractivity contribution >= 4 is 28.9 Å². The van der Waals surface area contributed by atoms with Gasteiger partial charge in [0, 0.05) is 12.6 Å². The summed E-state index contributed by atoms with van der Waals surface area (Å²) < 4.78 is 5.36. The van der Waals surface area contributed by atoms with Gasteiger partial charge in [-0.05, 0) is 44.6 Å². The van der Waals surface area contributed by atoms with Crippen molar-refractivity contribution in [2.24, 2.45) is 0 Å². The Morgan fingerprint density at radius 1 is 1.45 bits per heavy atom. The van der Waals surface area contributed by atoms with Crippen LogP contribution in [0.4, 0.5) is 5.69 Å². The van der Waals surface area contributed by atoms with Crippen LogP contribution in [-0.4, -0.2) is 28.6 Å². The molecule has 1 rings (SSSR count). The molecule has 0 bridgehead atoms. The Morgan fingerprint density at radius 3 is 2.73 bits per heavy atom. The van der Waals surface area contributed by atoms with Crippen molar-refractivity contribution in [3.63, 3.8) is 0 Å². The van der Waals surface area contributed by atoms with E-state index in [1.165, 1.54) is 19.1 Å². The molecule has 3 N–H and O–H groups in total. The topological polar surface area (TPSA) is 106 Å². The summed E-state index contributed by atoms with van der Waals surface area (Å²) in [5, 5.41) is 14.1. The van der Waals surface area contributed by atoms with E-state index in [1.54, 1.807) is 13.0 Å². The van der Waals surface area contributed by atoms with E-state index in [0.717, 1.165) is 5.56 Å². The van der Waals surface area contributed by atoms with Crippen LogP contribution in [-0.2, 0) is 4.79 Å². The molecule has 1 aromatic rings. The number of nitro groups is 1. The van der Waals surface area contributed by atoms with Crippen LogP contribution >= 0.6 is 12.2 Å². The lowest BCUT2D eigenvalue weighted by Crippen LogP contribution is -2.50. The first kappa shape index (κ1) is 17.6. The van der Waals surface area contributed by atoms with E-state index in [-0.39, 0.29) is 16.5 Å². The number of thiocarbonyl (C=S) groups is 1. The molecule has 0 saturated carbocycles. The minimum Gasteiger partial charge on any atom is -0.474 e. The number of nitro benzene ring substituents is 1. The van der Waals surface area contributed by atoms with Gasteiger partial charge < -0.3 is 10.1 Å². The van der Waals surface area contributed by atoms with Crippen LogP contribution in [0.2, 0.25) is 0 Å². The first-order valence-electron chi connectivity index (χ1n) is 6.60. The van der Waals surface area contributed by atoms with Gasteiger partial charge in [-0.25, -0.2) is 0 Å². The monoisotopic (exact) mass is 326 g/mol. The molecular weight excluding hydrogens is 308 g/mol. The SMILES string of the molecule is CCNC(=S)NNC(=O)[C@@H](C)Oc1ccc(C)cc1[N+](=O)[O-]. The predicted octanol–water partition coefficient (Wildman–Crippen LogP) is 1.19. The average molecular weight is 326 g/mol. The summed E-state index contributed by atoms with van der Waals surface area (Å²) in [6.45, 7) is 5.69. The van der Waals surface area contributed by atoms with Crippen molar-refractivity contribution in [1.29, 1.82) is 0 Å². The molecule has 22 heavy (non-hydrogen) atoms. The molecule has 1 atom stereocenters. The Kier molecular flexibility index (Phi) is 6.51. The zero-order chi connectivity index (χ0) is 16.7. The molecule has 0 unspecified atom stereocenters. The summed E-state index contributed by atoms with van der Waals surface area (Å²) >= 11 is 4.89. The van der Waals surface area contributed by atoms with Gasteiger partial charge in [-0.1, -0.05) is 6.07 Å². The number of hydrogen-bond donors (Lipinski definition) is 3. The molecule has 0 fully saturated rings. The molecule has 0 aliphatic heterocycles. The lowest BCUT2D eigenvalue weighted by atomic mass is 10.2. The van der Waals surface area contributed by atoms with Crippen LogP contribution in [0.1, 0.15) is 19.4 Å². The van der Waals surface area contributed by atoms with Crippen LogP contribution in [0.5, 0.6) is 5.75 Å². The molecule has 0 aliphatic carbocycles. The van der Waals surface area contributed by atoms with Crippen LogP contribution in [0, 0.1) is 17.0 Å². The van der Waals surface area contributed by atoms with E-state index in [2.05, 4.69) is 16.2 Å². The van der Waals surface area contributed by atoms with Gasteiger partial charge in [-0.3, -0.25) is 25.8 Å². The summed E-state index contributed by atoms with van der Waals surface area (Å²) in [4.78, 5) is 22.3. The number of nitrogens with zero attached hydrogens (tertiary/aromatic N) is 1. The first-order chi connectivity index (χ1) is 10.3. The van der Waals surface area contributed by atoms with E-state index >= 15 is 0 Å². The summed E-state index contributed by atoms with van der Waals surface area (Å²) in [5.74, 6) is -0.470. The quantitative estimate of drug-likeness (QED) is 0.424. The fourth-order valence-corrected chi connectivity index (χ4v) is 1.73. The lowest BCUT2D eigenvalue weighted by molar-refractivity contribution is -0.386. The molecule has 0 saturated heterocycles. The summed E-state index contributed by atoms with van der Waals surface area (Å²) in [5.41, 5.74) is 5.41. The molecule has 9 heteroatoms. The van der Waals surface area contributed by atoms with Crippen LogP contribution in [0.3, 0.4) is 0 Å². The highest BCUT2D eigenvalue weighted by atomic mass is 32.1. The molecule has 0 aliphatic rings. The van der Waals surface area contributed by atoms with Crippen LogP contribution in [0.15, 0.2) is 18.2 Å². The molecule has 0 heterocycles. The largest absolute Gasteiger partial charge is 0.474 e. The minimum absolute atomic E-state index is 0.0347. The maximum absolute atomic E-state index is 11.8. The lowest BCUT2D eigenvalue weighted by Gasteiger charge is -2.16. The second-order valence-corrected chi connectivity index (χ2v) is 4.87. The molecular formula is C13H18N4O4S. The number of benzene rings is 1. The standard InChI is InChI=1S/C13H18N4O4S/c1-4-14-13(22)16-15-12(18)9(3)21-11-6-5-8(2)7-10(11)17(19)20/h5-7,9H,4H2,1-3H3,(H,15,18)(H2,14,16,22)/t9-/m1/s1. The van der Waals surface area contributed by atoms with Crippen LogP contribution in [0.25, 0.3) is 0 Å². The Morgan fingerprint density at radius 2 is 2.14 bits per heavy atom. The highest BCUT2D eigenvalue weighted by Crippen LogP contribution is 2.28. The van der Waals surface area contributed by atoms with E-state index in [9.17, 15) is 14.9 Å². The van der Waals surface area contributed by atoms with Gasteiger partial charge in [0.05, 0.1) is 4.92 Å². The van der Waals surface area contributed by atoms with Gasteiger partial charge in [-0.15, -0.1) is 0 Å². The number of hydrogen-bond acceptors (Lipinski definition) is 5. The van der Waals surface area contributed by atoms with Crippen molar-refractivity contribution in [1.82, 2.24) is 16.2 Å². The molecule has 0 aromatic heterocycles. The van der Waals surface area contributed by atoms with Gasteiger partial charge in [0.2, 0.25) is 0 Å². The van der Waals surface area contributed by atoms with Gasteiger partial charge in [0.15, 0.2) is 17.0 Å². The third kappa shape index (κ3) is 5.17. The summed E-state index contributed by atoms with van der Waals surface area (Å²) in [7, 11) is 0. The summed E-state index contributed by atoms with van der Waals surface area (Å²) in [6, 6.07) is 4.53. The fourth-order valence-electron chi connectivity index (χ4n) is 1.54. The van der Waals surface area contributed by atoms with Crippen molar-refractivity contribution in [2.45, 2.75) is 26.9 Å². The molecule has 0 radical (unpaired) electrons. The number of nitrogens with one attached hydrogen (secondary N) is 3. The Bertz CT molecular complexity index is 579. The number of ether oxygens (including phenoxy) is 1. The van der Waals surface area contributed by atoms with Crippen molar-refractivity contribution < 1.29 is 14.5 Å². The Balaban J connectivity index is 2.68. The predicted molar refractivity (Wildman–Crippen MR) is 85.5 cm³/mol. The maximum atomic E-state index is 11.8. The number of carbonyl (C=O) groups is 1. The highest BCUT2D eigenvalue weighted by molar-refractivity contribution is 7.80. The molecule has 0 spiro atoms. The summed E-state index contributed by atoms with van der Waals surface area (Å²) in [6.07, 6.45) is -0.932. The van der Waals surface area contributed by atoms with E-state index < -0.39 is 16.9 Å². The van der Waals surface area contributed by atoms with Crippen molar-refractivity contribution in [3.8, 4) is 5.75 Å². The van der Waals surface area contributed by atoms with E-state index in [0.29, 0.717) is 6.54 Å². The Hall–Kier alpha value is -2.42. The number of amides is 1. The molecule has 1 aromatic carbocycles. The van der Waals surface area contributed by atoms with E-state index in [4.69, 9.17) is 17.0 Å². The van der Waals surface area contributed by atoms with Crippen LogP contribution < -0.4 is 20.9 Å². The van der Waals surface area contributed by atoms with Gasteiger partial charge >= 0.3 is 5.69 Å². The van der Waals surface area contributed by atoms with Crippen molar-refractivity contribution in [2.75, 3.05) is 6.54 Å². The highest BCUT2D eigenvalue weighted by Gasteiger charge is 2.21. The number of carbonyl (C=O) groups excluding carboxylic acids is 1. The molecule has 8 nitrogen and oxygen atoms in total. The zero-order valence-corrected chi connectivity index (χ0v) is 13.3. The minimum atomic E-state index is -0.932. The second-order valence-electron chi connectivity index (χ2n) is 4.46. The molecule has 120 valence electrons. The third-order valence-corrected chi connectivity index (χ3v) is 2.87. The smallest absolute Gasteiger partial charge is 0.311 e. The van der Waals surface area contributed by atoms with Gasteiger partial charge in [0.25, 0.3) is 5.91 Å². The third-order valence-electron chi connectivity index (χ3n) is 2.62. The van der Waals surface area contributed by atoms with E-state index in [1.807, 2.05) is 6.92 Å². The first-order valence-corrected chi connectivity index (χ1v) is 7.01. The molecule has 1 amide bonds. The number of rotatable bonds is 5. The van der Waals surface area contributed by atoms with Gasteiger partial charge in [-0.2, -0.15) is 0 Å². The zero-order valence-electron chi connectivity index (χ0n) is 12.5. The van der Waals surface area contributed by atoms with Crippen molar-refractivity contribution in [3.05, 3.63) is 33.9 Å². The number of aryl methyl sites for hydroxylation is 1. The number of hydrazine groups is 1.